The normalized spacial score (nSPS) is 11.1. The smallest absolute Gasteiger partial charge is 0.271 e. The lowest BCUT2D eigenvalue weighted by Crippen LogP contribution is -2.27. The standard InChI is InChI=1S/C11H10N2O3S/c14-17(15,11-4-2-1-3-5-11)13-16-10-6-8-12-9-7-10/h1-9,13H. The van der Waals surface area contributed by atoms with Crippen LogP contribution >= 0.6 is 0 Å². The maximum Gasteiger partial charge on any atom is 0.271 e. The van der Waals surface area contributed by atoms with Crippen LogP contribution in [0.25, 0.3) is 0 Å². The summed E-state index contributed by atoms with van der Waals surface area (Å²) >= 11 is 0. The van der Waals surface area contributed by atoms with Crippen LogP contribution in [-0.2, 0) is 10.0 Å². The number of benzene rings is 1. The lowest BCUT2D eigenvalue weighted by Gasteiger charge is -2.07. The zero-order valence-electron chi connectivity index (χ0n) is 8.78. The van der Waals surface area contributed by atoms with Crippen molar-refractivity contribution in [3.8, 4) is 5.75 Å². The first-order valence-corrected chi connectivity index (χ1v) is 6.30. The minimum Gasteiger partial charge on any atom is -0.394 e. The molecule has 1 heterocycles. The number of hydrogen-bond donors (Lipinski definition) is 1. The van der Waals surface area contributed by atoms with E-state index in [-0.39, 0.29) is 4.90 Å². The SMILES string of the molecule is O=S(=O)(NOc1ccncc1)c1ccccc1. The van der Waals surface area contributed by atoms with Crippen LogP contribution in [0.2, 0.25) is 0 Å². The molecule has 0 unspecified atom stereocenters. The fourth-order valence-electron chi connectivity index (χ4n) is 1.16. The van der Waals surface area contributed by atoms with Crippen molar-refractivity contribution in [1.82, 2.24) is 9.87 Å². The third kappa shape index (κ3) is 3.02. The van der Waals surface area contributed by atoms with Gasteiger partial charge < -0.3 is 4.84 Å². The van der Waals surface area contributed by atoms with Gasteiger partial charge in [0.25, 0.3) is 10.0 Å². The van der Waals surface area contributed by atoms with Gasteiger partial charge in [0.1, 0.15) is 0 Å². The molecule has 88 valence electrons. The van der Waals surface area contributed by atoms with Crippen LogP contribution in [0.4, 0.5) is 0 Å². The van der Waals surface area contributed by atoms with Gasteiger partial charge in [0, 0.05) is 24.5 Å². The summed E-state index contributed by atoms with van der Waals surface area (Å²) in [6.07, 6.45) is 3.01. The quantitative estimate of drug-likeness (QED) is 0.832. The third-order valence-corrected chi connectivity index (χ3v) is 3.17. The van der Waals surface area contributed by atoms with E-state index in [0.717, 1.165) is 0 Å². The lowest BCUT2D eigenvalue weighted by atomic mass is 10.4. The highest BCUT2D eigenvalue weighted by molar-refractivity contribution is 7.89. The second kappa shape index (κ2) is 4.94. The second-order valence-electron chi connectivity index (χ2n) is 3.18. The third-order valence-electron chi connectivity index (χ3n) is 1.97. The van der Waals surface area contributed by atoms with Crippen LogP contribution in [0.3, 0.4) is 0 Å². The Balaban J connectivity index is 2.09. The molecule has 2 aromatic rings. The van der Waals surface area contributed by atoms with E-state index in [9.17, 15) is 8.42 Å². The number of rotatable bonds is 4. The minimum atomic E-state index is -3.65. The van der Waals surface area contributed by atoms with Gasteiger partial charge in [-0.15, -0.1) is 0 Å². The zero-order chi connectivity index (χ0) is 12.1. The number of pyridine rings is 1. The average Bonchev–Trinajstić information content (AvgIpc) is 2.39. The van der Waals surface area contributed by atoms with Crippen molar-refractivity contribution in [2.24, 2.45) is 0 Å². The maximum atomic E-state index is 11.8. The molecule has 0 atom stereocenters. The Morgan fingerprint density at radius 1 is 1.00 bits per heavy atom. The fraction of sp³-hybridized carbons (Fsp3) is 0. The Morgan fingerprint density at radius 3 is 2.29 bits per heavy atom. The molecule has 5 nitrogen and oxygen atoms in total. The van der Waals surface area contributed by atoms with Gasteiger partial charge >= 0.3 is 0 Å². The van der Waals surface area contributed by atoms with E-state index < -0.39 is 10.0 Å². The summed E-state index contributed by atoms with van der Waals surface area (Å²) in [6, 6.07) is 11.1. The van der Waals surface area contributed by atoms with E-state index in [1.165, 1.54) is 24.5 Å². The molecule has 1 aromatic carbocycles. The summed E-state index contributed by atoms with van der Waals surface area (Å²) in [6.45, 7) is 0. The van der Waals surface area contributed by atoms with Gasteiger partial charge in [-0.3, -0.25) is 4.98 Å². The Kier molecular flexibility index (Phi) is 3.36. The van der Waals surface area contributed by atoms with E-state index in [1.54, 1.807) is 30.3 Å². The Hall–Kier alpha value is -1.92. The largest absolute Gasteiger partial charge is 0.394 e. The minimum absolute atomic E-state index is 0.147. The molecule has 17 heavy (non-hydrogen) atoms. The molecule has 0 fully saturated rings. The lowest BCUT2D eigenvalue weighted by molar-refractivity contribution is 0.269. The van der Waals surface area contributed by atoms with Crippen LogP contribution < -0.4 is 9.72 Å². The van der Waals surface area contributed by atoms with Crippen molar-refractivity contribution in [2.45, 2.75) is 4.90 Å². The maximum absolute atomic E-state index is 11.8. The Morgan fingerprint density at radius 2 is 1.65 bits per heavy atom. The molecule has 0 saturated heterocycles. The summed E-state index contributed by atoms with van der Waals surface area (Å²) in [5.41, 5.74) is 0. The van der Waals surface area contributed by atoms with E-state index >= 15 is 0 Å². The molecule has 0 aliphatic carbocycles. The van der Waals surface area contributed by atoms with Gasteiger partial charge in [-0.05, 0) is 17.0 Å². The molecule has 0 saturated carbocycles. The Bertz CT molecular complexity index is 570. The van der Waals surface area contributed by atoms with Gasteiger partial charge in [0.15, 0.2) is 5.75 Å². The van der Waals surface area contributed by atoms with Crippen molar-refractivity contribution < 1.29 is 13.3 Å². The predicted octanol–water partition coefficient (Wildman–Crippen LogP) is 1.35. The second-order valence-corrected chi connectivity index (χ2v) is 4.83. The first-order valence-electron chi connectivity index (χ1n) is 4.82. The highest BCUT2D eigenvalue weighted by atomic mass is 32.2. The van der Waals surface area contributed by atoms with Crippen molar-refractivity contribution in [1.29, 1.82) is 0 Å². The summed E-state index contributed by atoms with van der Waals surface area (Å²) in [5, 5.41) is 0. The van der Waals surface area contributed by atoms with Crippen molar-refractivity contribution in [3.63, 3.8) is 0 Å². The van der Waals surface area contributed by atoms with Gasteiger partial charge in [-0.1, -0.05) is 18.2 Å². The topological polar surface area (TPSA) is 68.3 Å². The average molecular weight is 250 g/mol. The molecule has 6 heteroatoms. The molecule has 0 bridgehead atoms. The molecule has 0 amide bonds. The van der Waals surface area contributed by atoms with Crippen LogP contribution in [0, 0.1) is 0 Å². The van der Waals surface area contributed by atoms with Gasteiger partial charge in [0.2, 0.25) is 0 Å². The molecule has 0 aliphatic rings. The molecular formula is C11H10N2O3S. The molecule has 0 spiro atoms. The molecule has 1 aromatic heterocycles. The van der Waals surface area contributed by atoms with Gasteiger partial charge in [-0.25, -0.2) is 8.42 Å². The molecule has 1 N–H and O–H groups in total. The van der Waals surface area contributed by atoms with Gasteiger partial charge in [0.05, 0.1) is 4.90 Å². The summed E-state index contributed by atoms with van der Waals surface area (Å²) in [7, 11) is -3.65. The molecule has 0 aliphatic heterocycles. The monoisotopic (exact) mass is 250 g/mol. The molecular weight excluding hydrogens is 240 g/mol. The Labute approximate surface area is 99.1 Å². The predicted molar refractivity (Wildman–Crippen MR) is 61.6 cm³/mol. The summed E-state index contributed by atoms with van der Waals surface area (Å²) in [4.78, 5) is 10.9. The van der Waals surface area contributed by atoms with Crippen LogP contribution in [0.1, 0.15) is 0 Å². The molecule has 2 rings (SSSR count). The van der Waals surface area contributed by atoms with Crippen molar-refractivity contribution in [3.05, 3.63) is 54.9 Å². The van der Waals surface area contributed by atoms with E-state index in [0.29, 0.717) is 5.75 Å². The highest BCUT2D eigenvalue weighted by Crippen LogP contribution is 2.10. The number of nitrogens with one attached hydrogen (secondary N) is 1. The number of aromatic nitrogens is 1. The van der Waals surface area contributed by atoms with Crippen LogP contribution in [-0.4, -0.2) is 13.4 Å². The number of hydrogen-bond acceptors (Lipinski definition) is 4. The summed E-state index contributed by atoms with van der Waals surface area (Å²) in [5.74, 6) is 0.375. The number of nitrogens with zero attached hydrogens (tertiary/aromatic N) is 1. The number of sulfonamides is 1. The van der Waals surface area contributed by atoms with Crippen molar-refractivity contribution in [2.75, 3.05) is 0 Å². The van der Waals surface area contributed by atoms with Crippen molar-refractivity contribution >= 4 is 10.0 Å². The van der Waals surface area contributed by atoms with E-state index in [4.69, 9.17) is 4.84 Å². The fourth-order valence-corrected chi connectivity index (χ4v) is 1.97. The highest BCUT2D eigenvalue weighted by Gasteiger charge is 2.13. The van der Waals surface area contributed by atoms with Crippen LogP contribution in [0.5, 0.6) is 5.75 Å². The van der Waals surface area contributed by atoms with E-state index in [1.807, 2.05) is 4.89 Å². The first-order chi connectivity index (χ1) is 8.18. The van der Waals surface area contributed by atoms with Gasteiger partial charge in [-0.2, -0.15) is 0 Å². The summed E-state index contributed by atoms with van der Waals surface area (Å²) < 4.78 is 23.5. The molecule has 0 radical (unpaired) electrons. The van der Waals surface area contributed by atoms with Crippen LogP contribution in [0.15, 0.2) is 59.8 Å². The first kappa shape index (κ1) is 11.6. The van der Waals surface area contributed by atoms with E-state index in [2.05, 4.69) is 4.98 Å². The zero-order valence-corrected chi connectivity index (χ0v) is 9.59.